The lowest BCUT2D eigenvalue weighted by molar-refractivity contribution is 0.0732. The average molecular weight is 428 g/mol. The van der Waals surface area contributed by atoms with Crippen LogP contribution < -0.4 is 14.4 Å². The summed E-state index contributed by atoms with van der Waals surface area (Å²) in [7, 11) is 3.16. The Hall–Kier alpha value is -3.62. The number of hydrogen-bond acceptors (Lipinski definition) is 5. The highest BCUT2D eigenvalue weighted by molar-refractivity contribution is 5.93. The van der Waals surface area contributed by atoms with Crippen molar-refractivity contribution in [3.8, 4) is 17.2 Å². The SMILES string of the molecule is COc1cc(OC)cc(N2CCN(C(=O)c3c(F)c(F)nn3-c3ccccc3)CC2)c1. The zero-order valence-corrected chi connectivity index (χ0v) is 17.2. The van der Waals surface area contributed by atoms with E-state index in [9.17, 15) is 13.6 Å². The topological polar surface area (TPSA) is 59.8 Å². The Bertz CT molecular complexity index is 1060. The Morgan fingerprint density at radius 2 is 1.52 bits per heavy atom. The Balaban J connectivity index is 1.54. The largest absolute Gasteiger partial charge is 0.497 e. The molecule has 0 unspecified atom stereocenters. The van der Waals surface area contributed by atoms with Gasteiger partial charge in [0.25, 0.3) is 11.9 Å². The summed E-state index contributed by atoms with van der Waals surface area (Å²) in [6, 6.07) is 14.0. The van der Waals surface area contributed by atoms with Gasteiger partial charge in [0, 0.05) is 50.1 Å². The fraction of sp³-hybridized carbons (Fsp3) is 0.273. The van der Waals surface area contributed by atoms with E-state index in [1.165, 1.54) is 4.90 Å². The molecule has 0 saturated carbocycles. The molecule has 1 aromatic heterocycles. The van der Waals surface area contributed by atoms with Gasteiger partial charge in [-0.3, -0.25) is 4.79 Å². The number of amides is 1. The van der Waals surface area contributed by atoms with Crippen LogP contribution in [0.1, 0.15) is 10.5 Å². The summed E-state index contributed by atoms with van der Waals surface area (Å²) in [5.74, 6) is -1.81. The van der Waals surface area contributed by atoms with E-state index >= 15 is 0 Å². The smallest absolute Gasteiger partial charge is 0.275 e. The molecule has 0 radical (unpaired) electrons. The zero-order valence-electron chi connectivity index (χ0n) is 17.2. The number of nitrogens with zero attached hydrogens (tertiary/aromatic N) is 4. The lowest BCUT2D eigenvalue weighted by atomic mass is 10.2. The van der Waals surface area contributed by atoms with Crippen molar-refractivity contribution >= 4 is 11.6 Å². The first-order valence-electron chi connectivity index (χ1n) is 9.78. The number of para-hydroxylation sites is 1. The second-order valence-electron chi connectivity index (χ2n) is 7.05. The third-order valence-electron chi connectivity index (χ3n) is 5.26. The molecule has 0 spiro atoms. The van der Waals surface area contributed by atoms with Crippen LogP contribution in [0.4, 0.5) is 14.5 Å². The minimum absolute atomic E-state index is 0.347. The number of halogens is 2. The Labute approximate surface area is 178 Å². The number of anilines is 1. The van der Waals surface area contributed by atoms with Gasteiger partial charge < -0.3 is 19.3 Å². The molecule has 1 fully saturated rings. The maximum absolute atomic E-state index is 14.5. The van der Waals surface area contributed by atoms with E-state index in [1.807, 2.05) is 12.1 Å². The summed E-state index contributed by atoms with van der Waals surface area (Å²) >= 11 is 0. The van der Waals surface area contributed by atoms with Gasteiger partial charge in [0.1, 0.15) is 11.5 Å². The number of hydrogen-bond donors (Lipinski definition) is 0. The molecule has 1 amide bonds. The van der Waals surface area contributed by atoms with E-state index in [0.717, 1.165) is 10.4 Å². The molecule has 1 aliphatic heterocycles. The Morgan fingerprint density at radius 3 is 2.10 bits per heavy atom. The molecule has 2 aromatic carbocycles. The number of aromatic nitrogens is 2. The highest BCUT2D eigenvalue weighted by Crippen LogP contribution is 2.29. The van der Waals surface area contributed by atoms with Gasteiger partial charge in [-0.25, -0.2) is 4.68 Å². The summed E-state index contributed by atoms with van der Waals surface area (Å²) in [6.45, 7) is 1.73. The molecule has 9 heteroatoms. The van der Waals surface area contributed by atoms with Gasteiger partial charge in [-0.2, -0.15) is 8.78 Å². The first kappa shape index (κ1) is 20.6. The zero-order chi connectivity index (χ0) is 22.0. The standard InChI is InChI=1S/C22H22F2N4O3/c1-30-17-12-16(13-18(14-17)31-2)26-8-10-27(11-9-26)22(29)20-19(23)21(24)25-28(20)15-6-4-3-5-7-15/h3-7,12-14H,8-11H2,1-2H3. The molecule has 7 nitrogen and oxygen atoms in total. The lowest BCUT2D eigenvalue weighted by Crippen LogP contribution is -2.49. The molecule has 4 rings (SSSR count). The van der Waals surface area contributed by atoms with Gasteiger partial charge in [0.15, 0.2) is 5.69 Å². The molecular formula is C22H22F2N4O3. The van der Waals surface area contributed by atoms with E-state index in [1.54, 1.807) is 50.6 Å². The van der Waals surface area contributed by atoms with Crippen LogP contribution in [-0.4, -0.2) is 61.0 Å². The predicted octanol–water partition coefficient (Wildman–Crippen LogP) is 3.13. The van der Waals surface area contributed by atoms with E-state index in [2.05, 4.69) is 10.00 Å². The van der Waals surface area contributed by atoms with E-state index in [0.29, 0.717) is 43.4 Å². The van der Waals surface area contributed by atoms with Crippen molar-refractivity contribution in [2.24, 2.45) is 0 Å². The molecule has 0 aliphatic carbocycles. The van der Waals surface area contributed by atoms with Gasteiger partial charge in [-0.05, 0) is 12.1 Å². The molecule has 31 heavy (non-hydrogen) atoms. The molecule has 2 heterocycles. The summed E-state index contributed by atoms with van der Waals surface area (Å²) < 4.78 is 40.1. The van der Waals surface area contributed by atoms with E-state index < -0.39 is 23.4 Å². The Morgan fingerprint density at radius 1 is 0.903 bits per heavy atom. The van der Waals surface area contributed by atoms with Crippen molar-refractivity contribution < 1.29 is 23.0 Å². The molecule has 162 valence electrons. The normalized spacial score (nSPS) is 13.9. The van der Waals surface area contributed by atoms with Crippen LogP contribution in [-0.2, 0) is 0 Å². The first-order chi connectivity index (χ1) is 15.0. The van der Waals surface area contributed by atoms with Gasteiger partial charge >= 0.3 is 0 Å². The van der Waals surface area contributed by atoms with Crippen LogP contribution in [0.25, 0.3) is 5.69 Å². The predicted molar refractivity (Wildman–Crippen MR) is 111 cm³/mol. The minimum Gasteiger partial charge on any atom is -0.497 e. The number of ether oxygens (including phenoxy) is 2. The van der Waals surface area contributed by atoms with Crippen LogP contribution in [0.15, 0.2) is 48.5 Å². The number of rotatable bonds is 5. The number of benzene rings is 2. The van der Waals surface area contributed by atoms with Crippen molar-refractivity contribution in [3.05, 3.63) is 66.0 Å². The summed E-state index contributed by atoms with van der Waals surface area (Å²) in [4.78, 5) is 16.7. The van der Waals surface area contributed by atoms with Crippen molar-refractivity contribution in [1.29, 1.82) is 0 Å². The second-order valence-corrected chi connectivity index (χ2v) is 7.05. The second kappa shape index (κ2) is 8.63. The monoisotopic (exact) mass is 428 g/mol. The molecule has 0 bridgehead atoms. The van der Waals surface area contributed by atoms with Gasteiger partial charge in [0.05, 0.1) is 19.9 Å². The molecule has 0 atom stereocenters. The van der Waals surface area contributed by atoms with Crippen molar-refractivity contribution in [1.82, 2.24) is 14.7 Å². The number of carbonyl (C=O) groups excluding carboxylic acids is 1. The third kappa shape index (κ3) is 4.03. The van der Waals surface area contributed by atoms with Crippen LogP contribution in [0, 0.1) is 11.8 Å². The summed E-state index contributed by atoms with van der Waals surface area (Å²) in [5, 5.41) is 3.59. The first-order valence-corrected chi connectivity index (χ1v) is 9.78. The molecule has 1 saturated heterocycles. The van der Waals surface area contributed by atoms with Gasteiger partial charge in [0.2, 0.25) is 5.82 Å². The highest BCUT2D eigenvalue weighted by Gasteiger charge is 2.31. The minimum atomic E-state index is -1.30. The summed E-state index contributed by atoms with van der Waals surface area (Å²) in [5.41, 5.74) is 0.908. The van der Waals surface area contributed by atoms with Crippen LogP contribution in [0.5, 0.6) is 11.5 Å². The quantitative estimate of drug-likeness (QED) is 0.625. The number of methoxy groups -OCH3 is 2. The van der Waals surface area contributed by atoms with Crippen molar-refractivity contribution in [3.63, 3.8) is 0 Å². The van der Waals surface area contributed by atoms with Crippen LogP contribution in [0.2, 0.25) is 0 Å². The van der Waals surface area contributed by atoms with Crippen LogP contribution in [0.3, 0.4) is 0 Å². The number of carbonyl (C=O) groups is 1. The molecule has 0 N–H and O–H groups in total. The van der Waals surface area contributed by atoms with Crippen molar-refractivity contribution in [2.45, 2.75) is 0 Å². The Kier molecular flexibility index (Phi) is 5.75. The fourth-order valence-corrected chi connectivity index (χ4v) is 3.61. The third-order valence-corrected chi connectivity index (χ3v) is 5.26. The molecular weight excluding hydrogens is 406 g/mol. The van der Waals surface area contributed by atoms with Crippen molar-refractivity contribution in [2.75, 3.05) is 45.3 Å². The van der Waals surface area contributed by atoms with Gasteiger partial charge in [-0.15, -0.1) is 5.10 Å². The maximum atomic E-state index is 14.5. The van der Waals surface area contributed by atoms with E-state index in [4.69, 9.17) is 9.47 Å². The molecule has 3 aromatic rings. The average Bonchev–Trinajstić information content (AvgIpc) is 3.13. The maximum Gasteiger partial charge on any atom is 0.275 e. The van der Waals surface area contributed by atoms with Crippen LogP contribution >= 0.6 is 0 Å². The van der Waals surface area contributed by atoms with E-state index in [-0.39, 0.29) is 0 Å². The summed E-state index contributed by atoms with van der Waals surface area (Å²) in [6.07, 6.45) is 0. The molecule has 1 aliphatic rings. The number of piperazine rings is 1. The highest BCUT2D eigenvalue weighted by atomic mass is 19.2. The fourth-order valence-electron chi connectivity index (χ4n) is 3.61. The van der Waals surface area contributed by atoms with Gasteiger partial charge in [-0.1, -0.05) is 18.2 Å². The lowest BCUT2D eigenvalue weighted by Gasteiger charge is -2.36.